The number of halogens is 1. The van der Waals surface area contributed by atoms with Gasteiger partial charge in [-0.2, -0.15) is 15.0 Å². The Balaban J connectivity index is 2.00. The Morgan fingerprint density at radius 2 is 2.16 bits per heavy atom. The zero-order chi connectivity index (χ0) is 13.7. The van der Waals surface area contributed by atoms with Crippen LogP contribution in [0.15, 0.2) is 0 Å². The molecule has 2 heterocycles. The molecule has 0 amide bonds. The number of hydrogen-bond donors (Lipinski definition) is 2. The van der Waals surface area contributed by atoms with Crippen molar-refractivity contribution in [1.82, 2.24) is 15.0 Å². The van der Waals surface area contributed by atoms with Crippen molar-refractivity contribution in [3.05, 3.63) is 5.28 Å². The first kappa shape index (κ1) is 14.3. The Bertz CT molecular complexity index is 411. The lowest BCUT2D eigenvalue weighted by atomic mass is 10.1. The molecule has 0 aromatic carbocycles. The highest BCUT2D eigenvalue weighted by Crippen LogP contribution is 2.18. The van der Waals surface area contributed by atoms with Crippen LogP contribution in [-0.4, -0.2) is 40.2 Å². The monoisotopic (exact) mass is 285 g/mol. The van der Waals surface area contributed by atoms with Gasteiger partial charge in [0.25, 0.3) is 0 Å². The van der Waals surface area contributed by atoms with E-state index >= 15 is 0 Å². The van der Waals surface area contributed by atoms with E-state index in [0.717, 1.165) is 32.4 Å². The SMILES string of the molecule is CCCNc1nc(Cl)nc(NC(C)C2CCCO2)n1. The molecule has 0 bridgehead atoms. The van der Waals surface area contributed by atoms with Crippen molar-refractivity contribution in [1.29, 1.82) is 0 Å². The van der Waals surface area contributed by atoms with E-state index < -0.39 is 0 Å². The minimum absolute atomic E-state index is 0.153. The van der Waals surface area contributed by atoms with E-state index in [0.29, 0.717) is 11.9 Å². The molecule has 19 heavy (non-hydrogen) atoms. The van der Waals surface area contributed by atoms with Gasteiger partial charge in [0.1, 0.15) is 0 Å². The van der Waals surface area contributed by atoms with Gasteiger partial charge in [0.05, 0.1) is 12.1 Å². The normalized spacial score (nSPS) is 20.3. The first-order valence-electron chi connectivity index (χ1n) is 6.72. The van der Waals surface area contributed by atoms with Gasteiger partial charge in [-0.3, -0.25) is 0 Å². The number of anilines is 2. The number of ether oxygens (including phenoxy) is 1. The molecule has 1 aliphatic heterocycles. The van der Waals surface area contributed by atoms with E-state index in [9.17, 15) is 0 Å². The number of nitrogens with one attached hydrogen (secondary N) is 2. The van der Waals surface area contributed by atoms with Gasteiger partial charge < -0.3 is 15.4 Å². The van der Waals surface area contributed by atoms with E-state index in [1.165, 1.54) is 0 Å². The van der Waals surface area contributed by atoms with Crippen LogP contribution in [0, 0.1) is 0 Å². The van der Waals surface area contributed by atoms with Crippen LogP contribution in [0.2, 0.25) is 5.28 Å². The summed E-state index contributed by atoms with van der Waals surface area (Å²) >= 11 is 5.90. The van der Waals surface area contributed by atoms with Gasteiger partial charge in [-0.05, 0) is 37.8 Å². The summed E-state index contributed by atoms with van der Waals surface area (Å²) in [5, 5.41) is 6.52. The van der Waals surface area contributed by atoms with Gasteiger partial charge in [-0.25, -0.2) is 0 Å². The molecule has 0 radical (unpaired) electrons. The fraction of sp³-hybridized carbons (Fsp3) is 0.750. The zero-order valence-corrected chi connectivity index (χ0v) is 12.1. The van der Waals surface area contributed by atoms with Crippen LogP contribution in [0.3, 0.4) is 0 Å². The molecule has 1 aliphatic rings. The van der Waals surface area contributed by atoms with Gasteiger partial charge in [0.15, 0.2) is 0 Å². The van der Waals surface area contributed by atoms with Crippen LogP contribution in [0.25, 0.3) is 0 Å². The predicted molar refractivity (Wildman–Crippen MR) is 75.7 cm³/mol. The summed E-state index contributed by atoms with van der Waals surface area (Å²) in [7, 11) is 0. The largest absolute Gasteiger partial charge is 0.376 e. The van der Waals surface area contributed by atoms with Crippen LogP contribution in [-0.2, 0) is 4.74 Å². The summed E-state index contributed by atoms with van der Waals surface area (Å²) in [6.07, 6.45) is 3.38. The van der Waals surface area contributed by atoms with Crippen LogP contribution >= 0.6 is 11.6 Å². The van der Waals surface area contributed by atoms with Crippen molar-refractivity contribution in [3.8, 4) is 0 Å². The fourth-order valence-corrected chi connectivity index (χ4v) is 2.18. The Kier molecular flexibility index (Phi) is 5.15. The molecule has 2 rings (SSSR count). The maximum absolute atomic E-state index is 5.90. The van der Waals surface area contributed by atoms with E-state index in [4.69, 9.17) is 16.3 Å². The summed E-state index contributed by atoms with van der Waals surface area (Å²) in [5.41, 5.74) is 0. The molecule has 2 N–H and O–H groups in total. The highest BCUT2D eigenvalue weighted by molar-refractivity contribution is 6.28. The lowest BCUT2D eigenvalue weighted by Crippen LogP contribution is -2.31. The van der Waals surface area contributed by atoms with E-state index in [1.54, 1.807) is 0 Å². The number of aromatic nitrogens is 3. The molecule has 1 saturated heterocycles. The molecule has 6 nitrogen and oxygen atoms in total. The van der Waals surface area contributed by atoms with Crippen LogP contribution in [0.4, 0.5) is 11.9 Å². The molecular formula is C12H20ClN5O. The first-order chi connectivity index (χ1) is 9.19. The highest BCUT2D eigenvalue weighted by Gasteiger charge is 2.23. The number of nitrogens with zero attached hydrogens (tertiary/aromatic N) is 3. The fourth-order valence-electron chi connectivity index (χ4n) is 2.02. The number of rotatable bonds is 6. The molecule has 1 aromatic heterocycles. The smallest absolute Gasteiger partial charge is 0.229 e. The van der Waals surface area contributed by atoms with Gasteiger partial charge in [-0.1, -0.05) is 6.92 Å². The second-order valence-corrected chi connectivity index (χ2v) is 5.00. The molecule has 1 fully saturated rings. The summed E-state index contributed by atoms with van der Waals surface area (Å²) in [6.45, 7) is 5.78. The van der Waals surface area contributed by atoms with E-state index in [1.807, 2.05) is 0 Å². The van der Waals surface area contributed by atoms with Gasteiger partial charge in [0.2, 0.25) is 17.2 Å². The van der Waals surface area contributed by atoms with Crippen molar-refractivity contribution < 1.29 is 4.74 Å². The summed E-state index contributed by atoms with van der Waals surface area (Å²) in [4.78, 5) is 12.4. The third-order valence-corrected chi connectivity index (χ3v) is 3.19. The third kappa shape index (κ3) is 4.18. The Morgan fingerprint density at radius 3 is 2.84 bits per heavy atom. The average molecular weight is 286 g/mol. The maximum Gasteiger partial charge on any atom is 0.229 e. The van der Waals surface area contributed by atoms with Gasteiger partial charge >= 0.3 is 0 Å². The van der Waals surface area contributed by atoms with E-state index in [2.05, 4.69) is 39.4 Å². The first-order valence-corrected chi connectivity index (χ1v) is 7.10. The van der Waals surface area contributed by atoms with Crippen LogP contribution in [0.1, 0.15) is 33.1 Å². The third-order valence-electron chi connectivity index (χ3n) is 3.02. The lowest BCUT2D eigenvalue weighted by Gasteiger charge is -2.20. The second-order valence-electron chi connectivity index (χ2n) is 4.66. The van der Waals surface area contributed by atoms with Crippen LogP contribution in [0.5, 0.6) is 0 Å². The lowest BCUT2D eigenvalue weighted by molar-refractivity contribution is 0.0994. The Labute approximate surface area is 118 Å². The molecule has 0 aliphatic carbocycles. The summed E-state index contributed by atoms with van der Waals surface area (Å²) in [5.74, 6) is 0.991. The molecule has 106 valence electrons. The maximum atomic E-state index is 5.90. The molecule has 1 aromatic rings. The summed E-state index contributed by atoms with van der Waals surface area (Å²) < 4.78 is 5.63. The molecule has 0 spiro atoms. The quantitative estimate of drug-likeness (QED) is 0.836. The summed E-state index contributed by atoms with van der Waals surface area (Å²) in [6, 6.07) is 0.153. The van der Waals surface area contributed by atoms with Gasteiger partial charge in [0, 0.05) is 13.2 Å². The molecule has 2 atom stereocenters. The predicted octanol–water partition coefficient (Wildman–Crippen LogP) is 2.33. The van der Waals surface area contributed by atoms with Crippen molar-refractivity contribution in [2.45, 2.75) is 45.3 Å². The molecule has 7 heteroatoms. The molecule has 2 unspecified atom stereocenters. The topological polar surface area (TPSA) is 72.0 Å². The van der Waals surface area contributed by atoms with Crippen molar-refractivity contribution in [2.75, 3.05) is 23.8 Å². The Morgan fingerprint density at radius 1 is 1.37 bits per heavy atom. The van der Waals surface area contributed by atoms with E-state index in [-0.39, 0.29) is 17.4 Å². The molecular weight excluding hydrogens is 266 g/mol. The van der Waals surface area contributed by atoms with Crippen molar-refractivity contribution >= 4 is 23.5 Å². The minimum atomic E-state index is 0.153. The van der Waals surface area contributed by atoms with Crippen LogP contribution < -0.4 is 10.6 Å². The zero-order valence-electron chi connectivity index (χ0n) is 11.3. The average Bonchev–Trinajstić information content (AvgIpc) is 2.89. The van der Waals surface area contributed by atoms with Gasteiger partial charge in [-0.15, -0.1) is 0 Å². The highest BCUT2D eigenvalue weighted by atomic mass is 35.5. The minimum Gasteiger partial charge on any atom is -0.376 e. The molecule has 0 saturated carbocycles. The second kappa shape index (κ2) is 6.86. The van der Waals surface area contributed by atoms with Crippen molar-refractivity contribution in [2.24, 2.45) is 0 Å². The van der Waals surface area contributed by atoms with Crippen molar-refractivity contribution in [3.63, 3.8) is 0 Å². The number of hydrogen-bond acceptors (Lipinski definition) is 6. The Hall–Kier alpha value is -1.14. The standard InChI is InChI=1S/C12H20ClN5O/c1-3-6-14-11-16-10(13)17-12(18-11)15-8(2)9-5-4-7-19-9/h8-9H,3-7H2,1-2H3,(H2,14,15,16,17,18).